The summed E-state index contributed by atoms with van der Waals surface area (Å²) in [6.45, 7) is 8.98. The van der Waals surface area contributed by atoms with Crippen LogP contribution in [0.4, 0.5) is 17.1 Å². The Morgan fingerprint density at radius 1 is 1.12 bits per heavy atom. The van der Waals surface area contributed by atoms with Crippen LogP contribution in [0.5, 0.6) is 0 Å². The number of hydrogen-bond donors (Lipinski definition) is 1. The maximum absolute atomic E-state index is 10.8. The van der Waals surface area contributed by atoms with Crippen LogP contribution in [0.15, 0.2) is 18.2 Å². The zero-order valence-electron chi connectivity index (χ0n) is 14.4. The monoisotopic (exact) mass is 354 g/mol. The van der Waals surface area contributed by atoms with Crippen LogP contribution in [-0.2, 0) is 9.53 Å². The first kappa shape index (κ1) is 20.3. The summed E-state index contributed by atoms with van der Waals surface area (Å²) in [5.74, 6) is 0. The third-order valence-corrected chi connectivity index (χ3v) is 3.24. The number of rotatable bonds is 4. The van der Waals surface area contributed by atoms with Gasteiger partial charge in [-0.2, -0.15) is 0 Å². The van der Waals surface area contributed by atoms with Crippen molar-refractivity contribution in [3.05, 3.63) is 38.4 Å². The zero-order chi connectivity index (χ0) is 19.0. The topological polar surface area (TPSA) is 128 Å². The number of nitrogens with one attached hydrogen (secondary N) is 1. The van der Waals surface area contributed by atoms with Crippen LogP contribution in [0.3, 0.4) is 0 Å². The highest BCUT2D eigenvalue weighted by Gasteiger charge is 2.25. The van der Waals surface area contributed by atoms with Gasteiger partial charge in [0, 0.05) is 44.0 Å². The molecule has 0 radical (unpaired) electrons. The molecule has 25 heavy (non-hydrogen) atoms. The average molecular weight is 354 g/mol. The fraction of sp³-hybridized carbons (Fsp3) is 0.533. The molecule has 1 heterocycles. The molecule has 1 aliphatic heterocycles. The first-order valence-electron chi connectivity index (χ1n) is 7.65. The van der Waals surface area contributed by atoms with Crippen LogP contribution in [0, 0.1) is 20.2 Å². The first-order valence-corrected chi connectivity index (χ1v) is 7.65. The van der Waals surface area contributed by atoms with Crippen molar-refractivity contribution < 1.29 is 19.4 Å². The Hall–Kier alpha value is -2.75. The Labute approximate surface area is 145 Å². The van der Waals surface area contributed by atoms with Crippen LogP contribution in [0.25, 0.3) is 0 Å². The summed E-state index contributed by atoms with van der Waals surface area (Å²) < 4.78 is 4.55. The number of nitro benzene ring substituents is 2. The smallest absolute Gasteiger partial charge is 0.348 e. The van der Waals surface area contributed by atoms with Crippen molar-refractivity contribution in [3.63, 3.8) is 0 Å². The van der Waals surface area contributed by atoms with E-state index in [4.69, 9.17) is 0 Å². The molecule has 1 fully saturated rings. The van der Waals surface area contributed by atoms with Crippen molar-refractivity contribution in [3.8, 4) is 0 Å². The molecular weight excluding hydrogens is 332 g/mol. The van der Waals surface area contributed by atoms with Crippen LogP contribution in [-0.4, -0.2) is 48.1 Å². The van der Waals surface area contributed by atoms with E-state index in [1.54, 1.807) is 6.07 Å². The van der Waals surface area contributed by atoms with E-state index in [9.17, 15) is 25.0 Å². The highest BCUT2D eigenvalue weighted by Crippen LogP contribution is 2.31. The molecule has 1 saturated heterocycles. The number of anilines is 1. The van der Waals surface area contributed by atoms with Crippen molar-refractivity contribution >= 4 is 23.5 Å². The minimum Gasteiger partial charge on any atom is -0.462 e. The molecule has 0 unspecified atom stereocenters. The summed E-state index contributed by atoms with van der Waals surface area (Å²) in [7, 11) is 0. The van der Waals surface area contributed by atoms with E-state index in [0.717, 1.165) is 26.2 Å². The van der Waals surface area contributed by atoms with Crippen molar-refractivity contribution in [2.45, 2.75) is 26.4 Å². The summed E-state index contributed by atoms with van der Waals surface area (Å²) in [6.07, 6.45) is 0. The molecular formula is C15H22N4O6. The second-order valence-corrected chi connectivity index (χ2v) is 6.25. The van der Waals surface area contributed by atoms with E-state index in [0.29, 0.717) is 12.2 Å². The second kappa shape index (κ2) is 8.92. The van der Waals surface area contributed by atoms with Gasteiger partial charge < -0.3 is 15.0 Å². The fourth-order valence-corrected chi connectivity index (χ4v) is 2.08. The summed E-state index contributed by atoms with van der Waals surface area (Å²) >= 11 is 0. The number of benzene rings is 1. The van der Waals surface area contributed by atoms with Gasteiger partial charge in [0.25, 0.3) is 6.47 Å². The highest BCUT2D eigenvalue weighted by atomic mass is 16.6. The van der Waals surface area contributed by atoms with E-state index in [1.807, 2.05) is 25.7 Å². The Kier molecular flexibility index (Phi) is 7.24. The van der Waals surface area contributed by atoms with Gasteiger partial charge in [0.05, 0.1) is 9.85 Å². The number of carbonyl (C=O) groups is 1. The molecule has 0 saturated carbocycles. The minimum absolute atomic E-state index is 0.318. The van der Waals surface area contributed by atoms with Gasteiger partial charge in [-0.25, -0.2) is 0 Å². The molecule has 0 bridgehead atoms. The van der Waals surface area contributed by atoms with Gasteiger partial charge in [-0.15, -0.1) is 0 Å². The molecule has 1 aliphatic rings. The minimum atomic E-state index is -0.736. The van der Waals surface area contributed by atoms with Crippen molar-refractivity contribution in [1.82, 2.24) is 5.32 Å². The lowest BCUT2D eigenvalue weighted by Gasteiger charge is -2.29. The van der Waals surface area contributed by atoms with Gasteiger partial charge >= 0.3 is 11.4 Å². The lowest BCUT2D eigenvalue weighted by molar-refractivity contribution is -0.422. The molecule has 10 heteroatoms. The number of piperazine rings is 1. The predicted molar refractivity (Wildman–Crippen MR) is 91.7 cm³/mol. The van der Waals surface area contributed by atoms with E-state index >= 15 is 0 Å². The predicted octanol–water partition coefficient (Wildman–Crippen LogP) is 1.87. The summed E-state index contributed by atoms with van der Waals surface area (Å²) in [5, 5.41) is 24.7. The van der Waals surface area contributed by atoms with Crippen LogP contribution in [0.2, 0.25) is 0 Å². The van der Waals surface area contributed by atoms with Gasteiger partial charge in [-0.3, -0.25) is 25.0 Å². The molecule has 0 amide bonds. The largest absolute Gasteiger partial charge is 0.462 e. The SMILES string of the molecule is CC(C)(C)OC=O.O=[N+]([O-])c1ccc(N2CCNCC2)cc1[N+](=O)[O-]. The third kappa shape index (κ3) is 6.71. The van der Waals surface area contributed by atoms with Gasteiger partial charge in [-0.1, -0.05) is 0 Å². The molecule has 1 aromatic carbocycles. The maximum Gasteiger partial charge on any atom is 0.348 e. The Morgan fingerprint density at radius 3 is 2.08 bits per heavy atom. The molecule has 0 aliphatic carbocycles. The first-order chi connectivity index (χ1) is 11.7. The van der Waals surface area contributed by atoms with Crippen molar-refractivity contribution in [2.75, 3.05) is 31.1 Å². The Morgan fingerprint density at radius 2 is 1.68 bits per heavy atom. The Bertz CT molecular complexity index is 623. The number of ether oxygens (including phenoxy) is 1. The standard InChI is InChI=1S/C10H12N4O4.C5H10O2/c15-13(16)9-2-1-8(7-10(9)14(17)18)12-5-3-11-4-6-12;1-5(2,3)7-4-6/h1-2,7,11H,3-6H2;4H,1-3H3. The van der Waals surface area contributed by atoms with Gasteiger partial charge in [0.2, 0.25) is 0 Å². The lowest BCUT2D eigenvalue weighted by Crippen LogP contribution is -2.43. The Balaban J connectivity index is 0.000000381. The summed E-state index contributed by atoms with van der Waals surface area (Å²) in [4.78, 5) is 31.6. The molecule has 138 valence electrons. The lowest BCUT2D eigenvalue weighted by atomic mass is 10.2. The third-order valence-electron chi connectivity index (χ3n) is 3.24. The van der Waals surface area contributed by atoms with Gasteiger partial charge in [0.1, 0.15) is 5.60 Å². The fourth-order valence-electron chi connectivity index (χ4n) is 2.08. The molecule has 1 aromatic rings. The van der Waals surface area contributed by atoms with Crippen LogP contribution >= 0.6 is 0 Å². The van der Waals surface area contributed by atoms with E-state index in [-0.39, 0.29) is 5.60 Å². The second-order valence-electron chi connectivity index (χ2n) is 6.25. The molecule has 0 aromatic heterocycles. The quantitative estimate of drug-likeness (QED) is 0.493. The van der Waals surface area contributed by atoms with Gasteiger partial charge in [-0.05, 0) is 26.8 Å². The average Bonchev–Trinajstić information content (AvgIpc) is 2.54. The molecule has 2 rings (SSSR count). The zero-order valence-corrected chi connectivity index (χ0v) is 14.4. The van der Waals surface area contributed by atoms with Crippen molar-refractivity contribution in [2.24, 2.45) is 0 Å². The number of nitrogens with zero attached hydrogens (tertiary/aromatic N) is 3. The van der Waals surface area contributed by atoms with E-state index < -0.39 is 21.2 Å². The number of hydrogen-bond acceptors (Lipinski definition) is 8. The molecule has 10 nitrogen and oxygen atoms in total. The van der Waals surface area contributed by atoms with E-state index in [2.05, 4.69) is 10.1 Å². The highest BCUT2D eigenvalue weighted by molar-refractivity contribution is 5.63. The maximum atomic E-state index is 10.8. The van der Waals surface area contributed by atoms with E-state index in [1.165, 1.54) is 12.1 Å². The summed E-state index contributed by atoms with van der Waals surface area (Å²) in [5.41, 5.74) is -0.606. The molecule has 0 spiro atoms. The van der Waals surface area contributed by atoms with Crippen LogP contribution < -0.4 is 10.2 Å². The molecule has 0 atom stereocenters. The number of nitro groups is 2. The normalized spacial score (nSPS) is 14.1. The van der Waals surface area contributed by atoms with Crippen LogP contribution in [0.1, 0.15) is 20.8 Å². The summed E-state index contributed by atoms with van der Waals surface area (Å²) in [6, 6.07) is 4.01. The molecule has 1 N–H and O–H groups in total. The van der Waals surface area contributed by atoms with Gasteiger partial charge in [0.15, 0.2) is 0 Å². The van der Waals surface area contributed by atoms with Crippen molar-refractivity contribution in [1.29, 1.82) is 0 Å². The number of carbonyl (C=O) groups excluding carboxylic acids is 1.